The lowest BCUT2D eigenvalue weighted by Gasteiger charge is -2.45. The zero-order valence-corrected chi connectivity index (χ0v) is 11.9. The lowest BCUT2D eigenvalue weighted by molar-refractivity contribution is -0.0385. The molecule has 0 aromatic rings. The van der Waals surface area contributed by atoms with Crippen LogP contribution in [0.15, 0.2) is 0 Å². The minimum absolute atomic E-state index is 0.116. The second-order valence-corrected chi connectivity index (χ2v) is 6.85. The van der Waals surface area contributed by atoms with E-state index in [1.165, 1.54) is 25.8 Å². The summed E-state index contributed by atoms with van der Waals surface area (Å²) in [5, 5.41) is 10.4. The third-order valence-electron chi connectivity index (χ3n) is 4.61. The Morgan fingerprint density at radius 2 is 1.82 bits per heavy atom. The minimum Gasteiger partial charge on any atom is -0.391 e. The highest BCUT2D eigenvalue weighted by molar-refractivity contribution is 4.93. The van der Waals surface area contributed by atoms with Gasteiger partial charge in [-0.3, -0.25) is 4.90 Å². The van der Waals surface area contributed by atoms with Crippen molar-refractivity contribution in [3.05, 3.63) is 0 Å². The standard InChI is InChI=1S/C15H29NO/c1-10(2)16(9-13-5-6-13)15-12(4)7-11(3)8-14(15)17/h10-15,17H,5-9H2,1-4H3. The molecule has 0 bridgehead atoms. The average molecular weight is 239 g/mol. The SMILES string of the molecule is CC1CC(C)C(N(CC2CC2)C(C)C)C(O)C1. The topological polar surface area (TPSA) is 23.5 Å². The molecule has 2 nitrogen and oxygen atoms in total. The molecule has 2 aliphatic rings. The van der Waals surface area contributed by atoms with Crippen LogP contribution in [0.3, 0.4) is 0 Å². The van der Waals surface area contributed by atoms with Crippen molar-refractivity contribution in [3.63, 3.8) is 0 Å². The van der Waals surface area contributed by atoms with Crippen LogP contribution in [-0.4, -0.2) is 34.7 Å². The van der Waals surface area contributed by atoms with E-state index in [1.807, 2.05) is 0 Å². The van der Waals surface area contributed by atoms with Crippen LogP contribution in [0.5, 0.6) is 0 Å². The van der Waals surface area contributed by atoms with Gasteiger partial charge in [0.05, 0.1) is 6.10 Å². The van der Waals surface area contributed by atoms with E-state index in [0.717, 1.165) is 12.3 Å². The Hall–Kier alpha value is -0.0800. The lowest BCUT2D eigenvalue weighted by Crippen LogP contribution is -2.54. The minimum atomic E-state index is -0.116. The van der Waals surface area contributed by atoms with Gasteiger partial charge in [0.25, 0.3) is 0 Å². The second kappa shape index (κ2) is 5.27. The first-order valence-electron chi connectivity index (χ1n) is 7.42. The smallest absolute Gasteiger partial charge is 0.0700 e. The van der Waals surface area contributed by atoms with E-state index in [-0.39, 0.29) is 6.10 Å². The van der Waals surface area contributed by atoms with Crippen molar-refractivity contribution >= 4 is 0 Å². The van der Waals surface area contributed by atoms with E-state index in [4.69, 9.17) is 0 Å². The molecule has 0 aromatic heterocycles. The van der Waals surface area contributed by atoms with Crippen molar-refractivity contribution in [3.8, 4) is 0 Å². The van der Waals surface area contributed by atoms with Gasteiger partial charge in [0.1, 0.15) is 0 Å². The highest BCUT2D eigenvalue weighted by Gasteiger charge is 2.39. The molecule has 17 heavy (non-hydrogen) atoms. The Morgan fingerprint density at radius 3 is 2.29 bits per heavy atom. The molecule has 0 amide bonds. The van der Waals surface area contributed by atoms with E-state index < -0.39 is 0 Å². The van der Waals surface area contributed by atoms with Crippen LogP contribution in [0, 0.1) is 17.8 Å². The van der Waals surface area contributed by atoms with Crippen molar-refractivity contribution < 1.29 is 5.11 Å². The van der Waals surface area contributed by atoms with E-state index in [0.29, 0.717) is 23.9 Å². The maximum absolute atomic E-state index is 10.4. The summed E-state index contributed by atoms with van der Waals surface area (Å²) in [4.78, 5) is 2.58. The molecular weight excluding hydrogens is 210 g/mol. The fraction of sp³-hybridized carbons (Fsp3) is 1.00. The van der Waals surface area contributed by atoms with Gasteiger partial charge in [0.2, 0.25) is 0 Å². The predicted molar refractivity (Wildman–Crippen MR) is 71.9 cm³/mol. The summed E-state index contributed by atoms with van der Waals surface area (Å²) in [6.07, 6.45) is 4.95. The van der Waals surface area contributed by atoms with E-state index >= 15 is 0 Å². The first kappa shape index (κ1) is 13.4. The third-order valence-corrected chi connectivity index (χ3v) is 4.61. The Labute approximate surface area is 106 Å². The molecule has 2 fully saturated rings. The van der Waals surface area contributed by atoms with Gasteiger partial charge in [-0.05, 0) is 57.3 Å². The molecule has 4 unspecified atom stereocenters. The molecule has 1 N–H and O–H groups in total. The number of nitrogens with zero attached hydrogens (tertiary/aromatic N) is 1. The van der Waals surface area contributed by atoms with Crippen molar-refractivity contribution in [1.82, 2.24) is 4.90 Å². The summed E-state index contributed by atoms with van der Waals surface area (Å²) in [5.41, 5.74) is 0. The first-order valence-corrected chi connectivity index (χ1v) is 7.42. The van der Waals surface area contributed by atoms with Gasteiger partial charge in [-0.15, -0.1) is 0 Å². The van der Waals surface area contributed by atoms with Crippen LogP contribution in [0.1, 0.15) is 53.4 Å². The molecule has 0 spiro atoms. The number of aliphatic hydroxyl groups excluding tert-OH is 1. The summed E-state index contributed by atoms with van der Waals surface area (Å²) in [6.45, 7) is 10.4. The van der Waals surface area contributed by atoms with Gasteiger partial charge < -0.3 is 5.11 Å². The highest BCUT2D eigenvalue weighted by atomic mass is 16.3. The molecule has 0 aromatic carbocycles. The number of hydrogen-bond donors (Lipinski definition) is 1. The van der Waals surface area contributed by atoms with E-state index in [1.54, 1.807) is 0 Å². The van der Waals surface area contributed by atoms with Gasteiger partial charge in [-0.1, -0.05) is 13.8 Å². The maximum Gasteiger partial charge on any atom is 0.0700 e. The van der Waals surface area contributed by atoms with Crippen molar-refractivity contribution in [2.75, 3.05) is 6.54 Å². The summed E-state index contributed by atoms with van der Waals surface area (Å²) in [7, 11) is 0. The summed E-state index contributed by atoms with van der Waals surface area (Å²) in [6, 6.07) is 0.956. The predicted octanol–water partition coefficient (Wildman–Crippen LogP) is 2.90. The van der Waals surface area contributed by atoms with Crippen LogP contribution in [0.4, 0.5) is 0 Å². The van der Waals surface area contributed by atoms with Crippen molar-refractivity contribution in [2.24, 2.45) is 17.8 Å². The second-order valence-electron chi connectivity index (χ2n) is 6.85. The molecule has 2 heteroatoms. The fourth-order valence-corrected chi connectivity index (χ4v) is 3.62. The zero-order valence-electron chi connectivity index (χ0n) is 11.9. The maximum atomic E-state index is 10.4. The Balaban J connectivity index is 2.04. The molecule has 0 aliphatic heterocycles. The first-order chi connectivity index (χ1) is 7.99. The molecule has 4 atom stereocenters. The quantitative estimate of drug-likeness (QED) is 0.815. The summed E-state index contributed by atoms with van der Waals surface area (Å²) < 4.78 is 0. The van der Waals surface area contributed by atoms with Crippen LogP contribution in [0.25, 0.3) is 0 Å². The highest BCUT2D eigenvalue weighted by Crippen LogP contribution is 2.37. The van der Waals surface area contributed by atoms with Gasteiger partial charge in [0, 0.05) is 18.6 Å². The molecule has 2 rings (SSSR count). The average Bonchev–Trinajstić information content (AvgIpc) is 2.98. The van der Waals surface area contributed by atoms with E-state index in [2.05, 4.69) is 32.6 Å². The zero-order chi connectivity index (χ0) is 12.6. The summed E-state index contributed by atoms with van der Waals surface area (Å²) >= 11 is 0. The lowest BCUT2D eigenvalue weighted by atomic mass is 9.77. The number of aliphatic hydroxyl groups is 1. The van der Waals surface area contributed by atoms with Crippen molar-refractivity contribution in [1.29, 1.82) is 0 Å². The van der Waals surface area contributed by atoms with Crippen LogP contribution in [-0.2, 0) is 0 Å². The fourth-order valence-electron chi connectivity index (χ4n) is 3.62. The van der Waals surface area contributed by atoms with E-state index in [9.17, 15) is 5.11 Å². The van der Waals surface area contributed by atoms with Crippen LogP contribution >= 0.6 is 0 Å². The Kier molecular flexibility index (Phi) is 4.14. The molecule has 0 saturated heterocycles. The Morgan fingerprint density at radius 1 is 1.18 bits per heavy atom. The molecule has 100 valence electrons. The van der Waals surface area contributed by atoms with Gasteiger partial charge in [-0.25, -0.2) is 0 Å². The van der Waals surface area contributed by atoms with Gasteiger partial charge >= 0.3 is 0 Å². The molecule has 0 radical (unpaired) electrons. The van der Waals surface area contributed by atoms with Gasteiger partial charge in [-0.2, -0.15) is 0 Å². The summed E-state index contributed by atoms with van der Waals surface area (Å²) in [5.74, 6) is 2.23. The molecule has 2 aliphatic carbocycles. The molecule has 2 saturated carbocycles. The van der Waals surface area contributed by atoms with Crippen molar-refractivity contribution in [2.45, 2.75) is 71.6 Å². The number of rotatable bonds is 4. The monoisotopic (exact) mass is 239 g/mol. The van der Waals surface area contributed by atoms with Crippen LogP contribution in [0.2, 0.25) is 0 Å². The van der Waals surface area contributed by atoms with Crippen LogP contribution < -0.4 is 0 Å². The Bertz CT molecular complexity index is 237. The van der Waals surface area contributed by atoms with Gasteiger partial charge in [0.15, 0.2) is 0 Å². The normalized spacial score (nSPS) is 39.0. The third kappa shape index (κ3) is 3.23. The largest absolute Gasteiger partial charge is 0.391 e. The number of hydrogen-bond acceptors (Lipinski definition) is 2. The molecule has 0 heterocycles. The molecular formula is C15H29NO.